The van der Waals surface area contributed by atoms with Crippen molar-refractivity contribution in [3.05, 3.63) is 24.0 Å². The van der Waals surface area contributed by atoms with Gasteiger partial charge in [0.15, 0.2) is 0 Å². The van der Waals surface area contributed by atoms with Crippen LogP contribution in [0.5, 0.6) is 0 Å². The molecule has 1 atom stereocenters. The summed E-state index contributed by atoms with van der Waals surface area (Å²) in [5, 5.41) is 19.3. The lowest BCUT2D eigenvalue weighted by atomic mass is 9.78. The first-order chi connectivity index (χ1) is 15.7. The molecule has 0 aromatic heterocycles. The minimum absolute atomic E-state index is 0.120. The molecule has 3 aliphatic rings. The lowest BCUT2D eigenvalue weighted by Crippen LogP contribution is -2.50. The minimum Gasteiger partial charge on any atom is -0.465 e. The van der Waals surface area contributed by atoms with Gasteiger partial charge in [-0.05, 0) is 69.1 Å². The first-order valence-electron chi connectivity index (χ1n) is 12.2. The van der Waals surface area contributed by atoms with Gasteiger partial charge in [-0.1, -0.05) is 13.8 Å². The zero-order valence-electron chi connectivity index (χ0n) is 19.7. The van der Waals surface area contributed by atoms with E-state index in [0.717, 1.165) is 51.5 Å². The number of carbonyl (C=O) groups is 2. The topological polar surface area (TPSA) is 84.3 Å². The van der Waals surface area contributed by atoms with E-state index < -0.39 is 17.3 Å². The molecular formula is C25H36FN3O4. The van der Waals surface area contributed by atoms with Crippen LogP contribution >= 0.6 is 0 Å². The molecule has 1 aromatic carbocycles. The van der Waals surface area contributed by atoms with Gasteiger partial charge in [0.2, 0.25) is 5.91 Å². The van der Waals surface area contributed by atoms with Crippen molar-refractivity contribution in [2.75, 3.05) is 36.0 Å². The highest BCUT2D eigenvalue weighted by Crippen LogP contribution is 2.44. The van der Waals surface area contributed by atoms with Gasteiger partial charge in [0, 0.05) is 32.2 Å². The Hall–Kier alpha value is -2.35. The highest BCUT2D eigenvalue weighted by Gasteiger charge is 2.50. The molecule has 1 aliphatic carbocycles. The van der Waals surface area contributed by atoms with E-state index >= 15 is 4.39 Å². The van der Waals surface area contributed by atoms with Gasteiger partial charge < -0.3 is 20.0 Å². The van der Waals surface area contributed by atoms with Crippen molar-refractivity contribution in [1.29, 1.82) is 0 Å². The van der Waals surface area contributed by atoms with Crippen molar-refractivity contribution in [3.63, 3.8) is 0 Å². The van der Waals surface area contributed by atoms with Gasteiger partial charge in [0.05, 0.1) is 22.9 Å². The molecule has 2 N–H and O–H groups in total. The quantitative estimate of drug-likeness (QED) is 0.690. The smallest absolute Gasteiger partial charge is 0.411 e. The van der Waals surface area contributed by atoms with E-state index in [1.54, 1.807) is 12.1 Å². The van der Waals surface area contributed by atoms with E-state index in [9.17, 15) is 19.8 Å². The average molecular weight is 462 g/mol. The van der Waals surface area contributed by atoms with Crippen LogP contribution in [0.4, 0.5) is 20.6 Å². The Morgan fingerprint density at radius 2 is 1.94 bits per heavy atom. The first-order valence-corrected chi connectivity index (χ1v) is 12.2. The Morgan fingerprint density at radius 1 is 1.21 bits per heavy atom. The zero-order valence-corrected chi connectivity index (χ0v) is 19.7. The van der Waals surface area contributed by atoms with Gasteiger partial charge in [0.1, 0.15) is 5.82 Å². The molecule has 8 heteroatoms. The summed E-state index contributed by atoms with van der Waals surface area (Å²) in [7, 11) is 0. The Labute approximate surface area is 195 Å². The number of hydrogen-bond donors (Lipinski definition) is 2. The SMILES string of the molecule is CC(C)CN(C(=O)O)c1ccc(N2CCC[C@]3(CCN([C@H]4CC[C@H](O)CC4)C3=O)C2)c(F)c1. The van der Waals surface area contributed by atoms with E-state index in [0.29, 0.717) is 31.0 Å². The number of likely N-dealkylation sites (tertiary alicyclic amines) is 1. The maximum Gasteiger partial charge on any atom is 0.411 e. The predicted octanol–water partition coefficient (Wildman–Crippen LogP) is 4.09. The molecule has 1 spiro atoms. The van der Waals surface area contributed by atoms with E-state index in [-0.39, 0.29) is 24.0 Å². The summed E-state index contributed by atoms with van der Waals surface area (Å²) in [6, 6.07) is 4.81. The normalized spacial score (nSPS) is 28.1. The second-order valence-corrected chi connectivity index (χ2v) is 10.4. The lowest BCUT2D eigenvalue weighted by molar-refractivity contribution is -0.139. The summed E-state index contributed by atoms with van der Waals surface area (Å²) in [5.41, 5.74) is 0.274. The Bertz CT molecular complexity index is 886. The highest BCUT2D eigenvalue weighted by atomic mass is 19.1. The molecule has 1 saturated carbocycles. The maximum atomic E-state index is 15.2. The van der Waals surface area contributed by atoms with E-state index in [1.807, 2.05) is 23.6 Å². The zero-order chi connectivity index (χ0) is 23.8. The van der Waals surface area contributed by atoms with Crippen LogP contribution < -0.4 is 9.80 Å². The molecule has 0 bridgehead atoms. The monoisotopic (exact) mass is 461 g/mol. The van der Waals surface area contributed by atoms with Crippen LogP contribution in [0, 0.1) is 17.2 Å². The number of benzene rings is 1. The third-order valence-corrected chi connectivity index (χ3v) is 7.59. The number of aliphatic hydroxyl groups excluding tert-OH is 1. The number of rotatable bonds is 5. The second kappa shape index (κ2) is 9.49. The number of halogens is 1. The summed E-state index contributed by atoms with van der Waals surface area (Å²) < 4.78 is 15.2. The van der Waals surface area contributed by atoms with Crippen LogP contribution in [0.2, 0.25) is 0 Å². The number of amides is 2. The average Bonchev–Trinajstić information content (AvgIpc) is 3.07. The van der Waals surface area contributed by atoms with Crippen molar-refractivity contribution in [3.8, 4) is 0 Å². The molecule has 182 valence electrons. The molecule has 4 rings (SSSR count). The van der Waals surface area contributed by atoms with Crippen molar-refractivity contribution in [2.24, 2.45) is 11.3 Å². The van der Waals surface area contributed by atoms with Gasteiger partial charge in [-0.2, -0.15) is 0 Å². The second-order valence-electron chi connectivity index (χ2n) is 10.4. The van der Waals surface area contributed by atoms with Crippen molar-refractivity contribution >= 4 is 23.4 Å². The Morgan fingerprint density at radius 3 is 2.58 bits per heavy atom. The van der Waals surface area contributed by atoms with Gasteiger partial charge in [-0.3, -0.25) is 9.69 Å². The Balaban J connectivity index is 1.49. The van der Waals surface area contributed by atoms with Gasteiger partial charge in [-0.15, -0.1) is 0 Å². The molecule has 33 heavy (non-hydrogen) atoms. The van der Waals surface area contributed by atoms with Crippen LogP contribution in [0.3, 0.4) is 0 Å². The Kier molecular flexibility index (Phi) is 6.84. The summed E-state index contributed by atoms with van der Waals surface area (Å²) >= 11 is 0. The molecule has 0 unspecified atom stereocenters. The molecule has 0 radical (unpaired) electrons. The van der Waals surface area contributed by atoms with E-state index in [1.165, 1.54) is 11.0 Å². The van der Waals surface area contributed by atoms with Crippen molar-refractivity contribution in [2.45, 2.75) is 70.9 Å². The fourth-order valence-electron chi connectivity index (χ4n) is 5.86. The lowest BCUT2D eigenvalue weighted by Gasteiger charge is -2.41. The number of aliphatic hydroxyl groups is 1. The van der Waals surface area contributed by atoms with Crippen molar-refractivity contribution < 1.29 is 24.2 Å². The molecule has 2 aliphatic heterocycles. The number of piperidine rings is 1. The van der Waals surface area contributed by atoms with Crippen LogP contribution in [0.25, 0.3) is 0 Å². The molecular weight excluding hydrogens is 425 g/mol. The molecule has 2 amide bonds. The molecule has 1 aromatic rings. The van der Waals surface area contributed by atoms with Crippen LogP contribution in [0.1, 0.15) is 58.8 Å². The van der Waals surface area contributed by atoms with Crippen LogP contribution in [0.15, 0.2) is 18.2 Å². The number of hydrogen-bond acceptors (Lipinski definition) is 4. The molecule has 7 nitrogen and oxygen atoms in total. The predicted molar refractivity (Wildman–Crippen MR) is 125 cm³/mol. The molecule has 2 heterocycles. The van der Waals surface area contributed by atoms with E-state index in [2.05, 4.69) is 0 Å². The molecule has 3 fully saturated rings. The molecule has 2 saturated heterocycles. The van der Waals surface area contributed by atoms with Gasteiger partial charge >= 0.3 is 6.09 Å². The number of carbonyl (C=O) groups excluding carboxylic acids is 1. The summed E-state index contributed by atoms with van der Waals surface area (Å²) in [6.07, 6.45) is 4.25. The van der Waals surface area contributed by atoms with Gasteiger partial charge in [-0.25, -0.2) is 9.18 Å². The third-order valence-electron chi connectivity index (χ3n) is 7.59. The number of carboxylic acid groups (broad SMARTS) is 1. The largest absolute Gasteiger partial charge is 0.465 e. The third kappa shape index (κ3) is 4.81. The number of nitrogens with zero attached hydrogens (tertiary/aromatic N) is 3. The van der Waals surface area contributed by atoms with Crippen molar-refractivity contribution in [1.82, 2.24) is 4.90 Å². The summed E-state index contributed by atoms with van der Waals surface area (Å²) in [6.45, 7) is 6.04. The van der Waals surface area contributed by atoms with Crippen LogP contribution in [-0.4, -0.2) is 65.4 Å². The fraction of sp³-hybridized carbons (Fsp3) is 0.680. The standard InChI is InChI=1S/C25H36FN3O4/c1-17(2)15-29(24(32)33)19-6-9-22(21(26)14-19)27-12-3-10-25(16-27)11-13-28(23(25)31)18-4-7-20(30)8-5-18/h6,9,14,17-18,20,30H,3-5,7-8,10-13,15-16H2,1-2H3,(H,32,33)/t18-,20-,25-/m0/s1. The van der Waals surface area contributed by atoms with Gasteiger partial charge in [0.25, 0.3) is 0 Å². The highest BCUT2D eigenvalue weighted by molar-refractivity contribution is 5.87. The van der Waals surface area contributed by atoms with E-state index in [4.69, 9.17) is 0 Å². The summed E-state index contributed by atoms with van der Waals surface area (Å²) in [5.74, 6) is -0.155. The summed E-state index contributed by atoms with van der Waals surface area (Å²) in [4.78, 5) is 30.3. The fourth-order valence-corrected chi connectivity index (χ4v) is 5.86. The minimum atomic E-state index is -1.10. The number of anilines is 2. The van der Waals surface area contributed by atoms with Crippen LogP contribution in [-0.2, 0) is 4.79 Å². The first kappa shape index (κ1) is 23.8. The maximum absolute atomic E-state index is 15.2.